The van der Waals surface area contributed by atoms with Gasteiger partial charge in [0.05, 0.1) is 0 Å². The van der Waals surface area contributed by atoms with Crippen LogP contribution in [0, 0.1) is 63.4 Å². The van der Waals surface area contributed by atoms with E-state index in [1.54, 1.807) is 0 Å². The van der Waals surface area contributed by atoms with Crippen LogP contribution in [0.4, 0.5) is 30.7 Å². The quantitative estimate of drug-likeness (QED) is 0.605. The third-order valence-electron chi connectivity index (χ3n) is 2.78. The lowest BCUT2D eigenvalue weighted by Crippen LogP contribution is -2.06. The summed E-state index contributed by atoms with van der Waals surface area (Å²) in [6.45, 7) is 0. The number of hydrogen-bond acceptors (Lipinski definition) is 3. The zero-order chi connectivity index (χ0) is 18.2. The first-order chi connectivity index (χ1) is 11.2. The molecule has 0 radical (unpaired) electrons. The van der Waals surface area contributed by atoms with Crippen molar-refractivity contribution >= 4 is 0 Å². The monoisotopic (exact) mass is 346 g/mol. The van der Waals surface area contributed by atoms with Gasteiger partial charge in [0.15, 0.2) is 23.3 Å². The Labute approximate surface area is 128 Å². The highest BCUT2D eigenvalue weighted by Gasteiger charge is 2.30. The Bertz CT molecular complexity index is 918. The molecule has 0 unspecified atom stereocenters. The van der Waals surface area contributed by atoms with E-state index in [4.69, 9.17) is 10.5 Å². The van der Waals surface area contributed by atoms with E-state index in [1.165, 1.54) is 0 Å². The van der Waals surface area contributed by atoms with E-state index in [0.29, 0.717) is 0 Å². The number of nitriles is 2. The topological polar surface area (TPSA) is 56.8 Å². The third-order valence-corrected chi connectivity index (χ3v) is 2.78. The molecule has 0 aromatic heterocycles. The Morgan fingerprint density at radius 1 is 0.625 bits per heavy atom. The zero-order valence-corrected chi connectivity index (χ0v) is 11.0. The highest BCUT2D eigenvalue weighted by atomic mass is 19.2. The molecule has 3 nitrogen and oxygen atoms in total. The van der Waals surface area contributed by atoms with Crippen molar-refractivity contribution in [3.05, 3.63) is 57.9 Å². The summed E-state index contributed by atoms with van der Waals surface area (Å²) >= 11 is 0. The molecule has 0 N–H and O–H groups in total. The third kappa shape index (κ3) is 2.48. The van der Waals surface area contributed by atoms with Crippen molar-refractivity contribution in [1.82, 2.24) is 0 Å². The summed E-state index contributed by atoms with van der Waals surface area (Å²) in [5.41, 5.74) is -2.63. The van der Waals surface area contributed by atoms with Crippen LogP contribution in [-0.4, -0.2) is 0 Å². The minimum atomic E-state index is -2.22. The molecule has 0 fully saturated rings. The molecule has 10 heteroatoms. The zero-order valence-electron chi connectivity index (χ0n) is 11.0. The smallest absolute Gasteiger partial charge is 0.205 e. The van der Waals surface area contributed by atoms with Gasteiger partial charge in [-0.15, -0.1) is 0 Å². The van der Waals surface area contributed by atoms with Crippen molar-refractivity contribution in [3.63, 3.8) is 0 Å². The van der Waals surface area contributed by atoms with Crippen LogP contribution < -0.4 is 4.74 Å². The second-order valence-corrected chi connectivity index (χ2v) is 4.14. The first-order valence-electron chi connectivity index (χ1n) is 5.76. The molecule has 0 spiro atoms. The van der Waals surface area contributed by atoms with Crippen LogP contribution in [-0.2, 0) is 0 Å². The highest BCUT2D eigenvalue weighted by molar-refractivity contribution is 5.53. The second kappa shape index (κ2) is 6.08. The Morgan fingerprint density at radius 3 is 1.50 bits per heavy atom. The maximum absolute atomic E-state index is 14.0. The molecule has 0 bridgehead atoms. The van der Waals surface area contributed by atoms with Gasteiger partial charge in [0, 0.05) is 6.07 Å². The number of benzene rings is 2. The number of hydrogen-bond donors (Lipinski definition) is 0. The van der Waals surface area contributed by atoms with E-state index in [9.17, 15) is 30.7 Å². The van der Waals surface area contributed by atoms with Gasteiger partial charge >= 0.3 is 0 Å². The molecule has 0 amide bonds. The minimum absolute atomic E-state index is 0.190. The number of halogens is 7. The largest absolute Gasteiger partial charge is 0.445 e. The van der Waals surface area contributed by atoms with E-state index in [2.05, 4.69) is 4.74 Å². The molecular weight excluding hydrogens is 345 g/mol. The Hall–Kier alpha value is -3.27. The van der Waals surface area contributed by atoms with Crippen molar-refractivity contribution in [2.75, 3.05) is 0 Å². The van der Waals surface area contributed by atoms with E-state index in [-0.39, 0.29) is 6.07 Å². The SMILES string of the molecule is N#Cc1c(F)c(F)c(Oc2c(F)c(F)cc(F)c2F)c(F)c1C#N. The van der Waals surface area contributed by atoms with Crippen molar-refractivity contribution in [3.8, 4) is 23.6 Å². The van der Waals surface area contributed by atoms with Gasteiger partial charge in [-0.2, -0.15) is 23.7 Å². The molecule has 122 valence electrons. The van der Waals surface area contributed by atoms with Crippen LogP contribution in [0.25, 0.3) is 0 Å². The maximum Gasteiger partial charge on any atom is 0.205 e. The Morgan fingerprint density at radius 2 is 1.04 bits per heavy atom. The molecule has 0 heterocycles. The van der Waals surface area contributed by atoms with Gasteiger partial charge in [-0.3, -0.25) is 0 Å². The van der Waals surface area contributed by atoms with Crippen LogP contribution in [0.15, 0.2) is 6.07 Å². The predicted octanol–water partition coefficient (Wildman–Crippen LogP) is 4.20. The molecule has 24 heavy (non-hydrogen) atoms. The van der Waals surface area contributed by atoms with Gasteiger partial charge in [0.2, 0.25) is 29.0 Å². The molecule has 0 atom stereocenters. The molecule has 0 saturated carbocycles. The standard InChI is InChI=1S/C14HF7N2O/c15-6-1-7(16)11(20)14(10(6)19)24-13-9(18)5(3-23)4(2-22)8(17)12(13)21/h1H. The van der Waals surface area contributed by atoms with Crippen molar-refractivity contribution < 1.29 is 35.5 Å². The molecule has 0 aliphatic carbocycles. The average Bonchev–Trinajstić information content (AvgIpc) is 2.55. The minimum Gasteiger partial charge on any atom is -0.445 e. The summed E-state index contributed by atoms with van der Waals surface area (Å²) in [5.74, 6) is -18.1. The van der Waals surface area contributed by atoms with Crippen molar-refractivity contribution in [2.24, 2.45) is 0 Å². The van der Waals surface area contributed by atoms with Gasteiger partial charge in [-0.25, -0.2) is 17.6 Å². The maximum atomic E-state index is 14.0. The van der Waals surface area contributed by atoms with E-state index in [1.807, 2.05) is 0 Å². The lowest BCUT2D eigenvalue weighted by molar-refractivity contribution is 0.333. The van der Waals surface area contributed by atoms with Crippen LogP contribution >= 0.6 is 0 Å². The molecule has 2 aromatic rings. The van der Waals surface area contributed by atoms with E-state index >= 15 is 0 Å². The summed E-state index contributed by atoms with van der Waals surface area (Å²) in [7, 11) is 0. The van der Waals surface area contributed by atoms with Crippen LogP contribution in [0.3, 0.4) is 0 Å². The van der Waals surface area contributed by atoms with Gasteiger partial charge in [-0.1, -0.05) is 0 Å². The Balaban J connectivity index is 2.77. The molecule has 0 aliphatic rings. The van der Waals surface area contributed by atoms with Gasteiger partial charge in [0.1, 0.15) is 23.3 Å². The molecule has 0 aliphatic heterocycles. The summed E-state index contributed by atoms with van der Waals surface area (Å²) in [5, 5.41) is 17.3. The average molecular weight is 346 g/mol. The number of rotatable bonds is 2. The van der Waals surface area contributed by atoms with E-state index < -0.39 is 63.3 Å². The second-order valence-electron chi connectivity index (χ2n) is 4.14. The summed E-state index contributed by atoms with van der Waals surface area (Å²) in [4.78, 5) is 0. The van der Waals surface area contributed by atoms with Gasteiger partial charge < -0.3 is 4.74 Å². The van der Waals surface area contributed by atoms with Gasteiger partial charge in [-0.05, 0) is 0 Å². The van der Waals surface area contributed by atoms with Crippen LogP contribution in [0.5, 0.6) is 11.5 Å². The molecule has 0 saturated heterocycles. The van der Waals surface area contributed by atoms with Crippen molar-refractivity contribution in [2.45, 2.75) is 0 Å². The molecule has 2 rings (SSSR count). The first-order valence-corrected chi connectivity index (χ1v) is 5.76. The highest BCUT2D eigenvalue weighted by Crippen LogP contribution is 2.36. The number of ether oxygens (including phenoxy) is 1. The normalized spacial score (nSPS) is 10.2. The fourth-order valence-corrected chi connectivity index (χ4v) is 1.68. The molecule has 2 aromatic carbocycles. The first kappa shape index (κ1) is 17.1. The predicted molar refractivity (Wildman–Crippen MR) is 62.1 cm³/mol. The number of nitrogens with zero attached hydrogens (tertiary/aromatic N) is 2. The summed E-state index contributed by atoms with van der Waals surface area (Å²) < 4.78 is 98.5. The molecular formula is C14HF7N2O. The summed E-state index contributed by atoms with van der Waals surface area (Å²) in [6.07, 6.45) is 0. The van der Waals surface area contributed by atoms with Gasteiger partial charge in [0.25, 0.3) is 0 Å². The summed E-state index contributed by atoms with van der Waals surface area (Å²) in [6, 6.07) is 1.88. The lowest BCUT2D eigenvalue weighted by Gasteiger charge is -2.12. The Kier molecular flexibility index (Phi) is 4.33. The lowest BCUT2D eigenvalue weighted by atomic mass is 10.1. The van der Waals surface area contributed by atoms with E-state index in [0.717, 1.165) is 12.1 Å². The van der Waals surface area contributed by atoms with Crippen molar-refractivity contribution in [1.29, 1.82) is 10.5 Å². The van der Waals surface area contributed by atoms with Crippen LogP contribution in [0.1, 0.15) is 11.1 Å². The van der Waals surface area contributed by atoms with Crippen LogP contribution in [0.2, 0.25) is 0 Å². The fraction of sp³-hybridized carbons (Fsp3) is 0. The fourth-order valence-electron chi connectivity index (χ4n) is 1.68.